The van der Waals surface area contributed by atoms with Crippen molar-refractivity contribution in [2.24, 2.45) is 22.7 Å². The van der Waals surface area contributed by atoms with Gasteiger partial charge < -0.3 is 19.3 Å². The number of carbonyl (C=O) groups excluding carboxylic acids is 4. The first-order valence-electron chi connectivity index (χ1n) is 14.7. The van der Waals surface area contributed by atoms with Crippen molar-refractivity contribution in [3.8, 4) is 0 Å². The number of benzene rings is 2. The van der Waals surface area contributed by atoms with E-state index in [1.165, 1.54) is 14.2 Å². The fraction of sp³-hybridized carbons (Fsp3) is 0.529. The van der Waals surface area contributed by atoms with Crippen LogP contribution in [0.3, 0.4) is 0 Å². The summed E-state index contributed by atoms with van der Waals surface area (Å²) in [7, 11) is 2.80. The van der Waals surface area contributed by atoms with Crippen molar-refractivity contribution < 1.29 is 43.3 Å². The minimum Gasteiger partial charge on any atom is -0.464 e. The van der Waals surface area contributed by atoms with Gasteiger partial charge in [0, 0.05) is 37.3 Å². The quantitative estimate of drug-likeness (QED) is 0.214. The van der Waals surface area contributed by atoms with E-state index in [1.807, 2.05) is 60.7 Å². The van der Waals surface area contributed by atoms with Crippen LogP contribution in [0.5, 0.6) is 0 Å². The summed E-state index contributed by atoms with van der Waals surface area (Å²) < 4.78 is 16.0. The molecule has 2 aromatic rings. The lowest BCUT2D eigenvalue weighted by molar-refractivity contribution is -0.186. The van der Waals surface area contributed by atoms with E-state index in [-0.39, 0.29) is 18.4 Å². The maximum Gasteiger partial charge on any atom is 0.325 e. The highest BCUT2D eigenvalue weighted by Crippen LogP contribution is 2.69. The molecule has 238 valence electrons. The Morgan fingerprint density at radius 1 is 0.864 bits per heavy atom. The van der Waals surface area contributed by atoms with E-state index < -0.39 is 57.7 Å². The number of nitrogens with zero attached hydrogens (tertiary/aromatic N) is 1. The molecule has 1 amide bonds. The van der Waals surface area contributed by atoms with Gasteiger partial charge in [0.05, 0.1) is 13.7 Å². The molecular formula is C34H43NO9. The molecule has 5 rings (SSSR count). The Morgan fingerprint density at radius 3 is 1.80 bits per heavy atom. The molecule has 6 atom stereocenters. The average molecular weight is 610 g/mol. The molecule has 0 bridgehead atoms. The maximum atomic E-state index is 12.9. The lowest BCUT2D eigenvalue weighted by Crippen LogP contribution is -2.43. The number of aliphatic hydroxyl groups is 1. The summed E-state index contributed by atoms with van der Waals surface area (Å²) in [6.45, 7) is 10.7. The van der Waals surface area contributed by atoms with Crippen molar-refractivity contribution in [1.82, 2.24) is 5.06 Å². The number of hydrogen-bond acceptors (Lipinski definition) is 9. The van der Waals surface area contributed by atoms with Crippen molar-refractivity contribution in [2.45, 2.75) is 64.6 Å². The highest BCUT2D eigenvalue weighted by atomic mass is 16.7. The van der Waals surface area contributed by atoms with Crippen LogP contribution in [0, 0.1) is 22.7 Å². The Labute approximate surface area is 258 Å². The van der Waals surface area contributed by atoms with Gasteiger partial charge in [-0.2, -0.15) is 0 Å². The Hall–Kier alpha value is -3.76. The predicted octanol–water partition coefficient (Wildman–Crippen LogP) is 4.03. The molecule has 3 fully saturated rings. The van der Waals surface area contributed by atoms with Crippen LogP contribution in [0.25, 0.3) is 0 Å². The second-order valence-corrected chi connectivity index (χ2v) is 13.5. The number of fused-ring (bicyclic) bond motifs is 1. The molecule has 10 heteroatoms. The predicted molar refractivity (Wildman–Crippen MR) is 160 cm³/mol. The number of cyclic esters (lactones) is 1. The van der Waals surface area contributed by atoms with E-state index in [1.54, 1.807) is 41.5 Å². The van der Waals surface area contributed by atoms with Crippen molar-refractivity contribution in [3.63, 3.8) is 0 Å². The van der Waals surface area contributed by atoms with Crippen LogP contribution < -0.4 is 0 Å². The Morgan fingerprint density at radius 2 is 1.34 bits per heavy atom. The largest absolute Gasteiger partial charge is 0.464 e. The van der Waals surface area contributed by atoms with Crippen LogP contribution in [0.2, 0.25) is 0 Å². The zero-order valence-corrected chi connectivity index (χ0v) is 26.7. The highest BCUT2D eigenvalue weighted by Gasteiger charge is 2.80. The van der Waals surface area contributed by atoms with Crippen molar-refractivity contribution in [1.29, 1.82) is 0 Å². The average Bonchev–Trinajstić information content (AvgIpc) is 3.81. The molecule has 10 nitrogen and oxygen atoms in total. The van der Waals surface area contributed by atoms with Gasteiger partial charge in [-0.25, -0.2) is 5.06 Å². The van der Waals surface area contributed by atoms with E-state index in [0.29, 0.717) is 6.61 Å². The van der Waals surface area contributed by atoms with Gasteiger partial charge in [-0.05, 0) is 52.7 Å². The van der Waals surface area contributed by atoms with Gasteiger partial charge in [0.15, 0.2) is 10.8 Å². The summed E-state index contributed by atoms with van der Waals surface area (Å²) in [5.74, 6) is -3.21. The van der Waals surface area contributed by atoms with E-state index in [0.717, 1.165) is 16.2 Å². The standard InChI is InChI=1S/C18H25NO5.C16H18O4/c1-17(2,3)24-16(22)18(15(21)19(4)23-5)13(11-20)14(18)12-9-7-6-8-10-12;1-15(2,3)20-14(18)16-11(9-19-13(16)17)12(16)10-7-5-4-6-8-10/h6-10,13-14,20H,11H2,1-5H3;4-8,11-12H,9H2,1-3H3. The van der Waals surface area contributed by atoms with Gasteiger partial charge in [-0.1, -0.05) is 60.7 Å². The Bertz CT molecular complexity index is 1380. The first-order valence-corrected chi connectivity index (χ1v) is 14.7. The molecule has 0 aromatic heterocycles. The Balaban J connectivity index is 0.000000204. The molecule has 2 aromatic carbocycles. The number of hydroxylamine groups is 2. The van der Waals surface area contributed by atoms with Gasteiger partial charge >= 0.3 is 17.9 Å². The van der Waals surface area contributed by atoms with E-state index in [4.69, 9.17) is 19.0 Å². The van der Waals surface area contributed by atoms with Crippen molar-refractivity contribution in [3.05, 3.63) is 71.8 Å². The summed E-state index contributed by atoms with van der Waals surface area (Å²) in [5, 5.41) is 10.8. The van der Waals surface area contributed by atoms with Crippen LogP contribution in [0.15, 0.2) is 60.7 Å². The Kier molecular flexibility index (Phi) is 9.01. The monoisotopic (exact) mass is 609 g/mol. The molecule has 2 aliphatic carbocycles. The van der Waals surface area contributed by atoms with Crippen LogP contribution in [-0.4, -0.2) is 72.6 Å². The van der Waals surface area contributed by atoms with E-state index >= 15 is 0 Å². The number of esters is 3. The van der Waals surface area contributed by atoms with Gasteiger partial charge in [0.2, 0.25) is 0 Å². The summed E-state index contributed by atoms with van der Waals surface area (Å²) in [6.07, 6.45) is 0. The third-order valence-corrected chi connectivity index (χ3v) is 8.37. The van der Waals surface area contributed by atoms with E-state index in [2.05, 4.69) is 0 Å². The fourth-order valence-electron chi connectivity index (χ4n) is 6.36. The molecule has 0 radical (unpaired) electrons. The number of rotatable bonds is 7. The van der Waals surface area contributed by atoms with Gasteiger partial charge in [-0.3, -0.25) is 24.0 Å². The lowest BCUT2D eigenvalue weighted by Gasteiger charge is -2.26. The van der Waals surface area contributed by atoms with E-state index in [9.17, 15) is 24.3 Å². The second kappa shape index (κ2) is 12.0. The van der Waals surface area contributed by atoms with Gasteiger partial charge in [-0.15, -0.1) is 0 Å². The zero-order chi connectivity index (χ0) is 32.7. The molecular weight excluding hydrogens is 566 g/mol. The number of aliphatic hydroxyl groups excluding tert-OH is 1. The lowest BCUT2D eigenvalue weighted by atomic mass is 9.97. The summed E-state index contributed by atoms with van der Waals surface area (Å²) in [5.41, 5.74) is -2.11. The summed E-state index contributed by atoms with van der Waals surface area (Å²) >= 11 is 0. The number of carbonyl (C=O) groups is 4. The van der Waals surface area contributed by atoms with Crippen molar-refractivity contribution in [2.75, 3.05) is 27.4 Å². The molecule has 6 unspecified atom stereocenters. The highest BCUT2D eigenvalue weighted by molar-refractivity contribution is 6.08. The normalized spacial score (nSPS) is 28.4. The minimum atomic E-state index is -1.46. The van der Waals surface area contributed by atoms with Crippen LogP contribution in [0.1, 0.15) is 64.5 Å². The second-order valence-electron chi connectivity index (χ2n) is 13.5. The van der Waals surface area contributed by atoms with Crippen LogP contribution in [-0.2, 0) is 38.2 Å². The molecule has 1 aliphatic heterocycles. The summed E-state index contributed by atoms with van der Waals surface area (Å²) in [6, 6.07) is 18.9. The van der Waals surface area contributed by atoms with Gasteiger partial charge in [0.1, 0.15) is 11.2 Å². The molecule has 3 aliphatic rings. The fourth-order valence-corrected chi connectivity index (χ4v) is 6.36. The SMILES string of the molecule is CC(C)(C)OC(=O)C12C(=O)OCC1C2c1ccccc1.CON(C)C(=O)C1(C(=O)OC(C)(C)C)C(CO)C1c1ccccc1. The molecule has 1 N–H and O–H groups in total. The smallest absolute Gasteiger partial charge is 0.325 e. The topological polar surface area (TPSA) is 129 Å². The maximum absolute atomic E-state index is 12.9. The third-order valence-electron chi connectivity index (χ3n) is 8.37. The van der Waals surface area contributed by atoms with Gasteiger partial charge in [0.25, 0.3) is 5.91 Å². The number of hydrogen-bond donors (Lipinski definition) is 1. The first kappa shape index (κ1) is 33.1. The number of ether oxygens (including phenoxy) is 3. The first-order chi connectivity index (χ1) is 20.6. The molecule has 2 saturated carbocycles. The molecule has 1 heterocycles. The zero-order valence-electron chi connectivity index (χ0n) is 26.7. The van der Waals surface area contributed by atoms with Crippen molar-refractivity contribution >= 4 is 23.8 Å². The minimum absolute atomic E-state index is 0.0905. The third kappa shape index (κ3) is 5.85. The molecule has 0 spiro atoms. The number of amides is 1. The van der Waals surface area contributed by atoms with Crippen LogP contribution in [0.4, 0.5) is 0 Å². The van der Waals surface area contributed by atoms with Crippen LogP contribution >= 0.6 is 0 Å². The summed E-state index contributed by atoms with van der Waals surface area (Å²) in [4.78, 5) is 55.5. The molecule has 1 saturated heterocycles. The molecule has 44 heavy (non-hydrogen) atoms.